The molecule has 0 N–H and O–H groups in total. The number of hydrogen-bond acceptors (Lipinski definition) is 3. The van der Waals surface area contributed by atoms with Crippen LogP contribution in [-0.2, 0) is 14.2 Å². The van der Waals surface area contributed by atoms with Gasteiger partial charge in [-0.25, -0.2) is 0 Å². The maximum atomic E-state index is 5.55. The van der Waals surface area contributed by atoms with Crippen LogP contribution >= 0.6 is 0 Å². The van der Waals surface area contributed by atoms with Gasteiger partial charge in [0.2, 0.25) is 0 Å². The van der Waals surface area contributed by atoms with E-state index in [2.05, 4.69) is 20.8 Å². The highest BCUT2D eigenvalue weighted by Crippen LogP contribution is 2.43. The summed E-state index contributed by atoms with van der Waals surface area (Å²) in [6.45, 7) is 9.91. The highest BCUT2D eigenvalue weighted by atomic mass is 16.6. The first-order valence-electron chi connectivity index (χ1n) is 7.01. The van der Waals surface area contributed by atoms with E-state index in [0.29, 0.717) is 42.0 Å². The summed E-state index contributed by atoms with van der Waals surface area (Å²) in [6, 6.07) is 0. The lowest BCUT2D eigenvalue weighted by Gasteiger charge is -2.32. The van der Waals surface area contributed by atoms with E-state index in [4.69, 9.17) is 14.2 Å². The zero-order valence-electron chi connectivity index (χ0n) is 11.1. The highest BCUT2D eigenvalue weighted by molar-refractivity contribution is 4.94. The lowest BCUT2D eigenvalue weighted by atomic mass is 9.73. The van der Waals surface area contributed by atoms with Crippen LogP contribution in [0.1, 0.15) is 27.2 Å². The molecule has 6 atom stereocenters. The second kappa shape index (κ2) is 4.52. The van der Waals surface area contributed by atoms with Crippen molar-refractivity contribution in [2.75, 3.05) is 19.8 Å². The van der Waals surface area contributed by atoms with Crippen LogP contribution in [0, 0.1) is 23.7 Å². The SMILES string of the molecule is CC(C)C(C1CO1)C(C)C(CC1CO1)C1CO1. The lowest BCUT2D eigenvalue weighted by Crippen LogP contribution is -2.32. The number of ether oxygens (including phenoxy) is 3. The quantitative estimate of drug-likeness (QED) is 0.640. The van der Waals surface area contributed by atoms with Crippen molar-refractivity contribution in [3.05, 3.63) is 0 Å². The maximum Gasteiger partial charge on any atom is 0.0843 e. The Morgan fingerprint density at radius 2 is 1.53 bits per heavy atom. The number of hydrogen-bond donors (Lipinski definition) is 0. The van der Waals surface area contributed by atoms with Crippen LogP contribution in [0.25, 0.3) is 0 Å². The van der Waals surface area contributed by atoms with Gasteiger partial charge >= 0.3 is 0 Å². The molecule has 3 fully saturated rings. The van der Waals surface area contributed by atoms with Crippen LogP contribution in [0.3, 0.4) is 0 Å². The minimum atomic E-state index is 0.495. The second-order valence-electron chi connectivity index (χ2n) is 6.28. The monoisotopic (exact) mass is 240 g/mol. The van der Waals surface area contributed by atoms with E-state index in [0.717, 1.165) is 19.8 Å². The summed E-state index contributed by atoms with van der Waals surface area (Å²) in [7, 11) is 0. The molecule has 3 heterocycles. The average molecular weight is 240 g/mol. The van der Waals surface area contributed by atoms with Gasteiger partial charge in [-0.15, -0.1) is 0 Å². The molecule has 0 spiro atoms. The molecule has 3 nitrogen and oxygen atoms in total. The van der Waals surface area contributed by atoms with Crippen molar-refractivity contribution in [2.45, 2.75) is 45.5 Å². The number of rotatable bonds is 7. The molecular weight excluding hydrogens is 216 g/mol. The Kier molecular flexibility index (Phi) is 3.18. The normalized spacial score (nSPS) is 39.9. The summed E-state index contributed by atoms with van der Waals surface area (Å²) in [5.41, 5.74) is 0. The van der Waals surface area contributed by atoms with Crippen LogP contribution in [0.5, 0.6) is 0 Å². The van der Waals surface area contributed by atoms with E-state index >= 15 is 0 Å². The van der Waals surface area contributed by atoms with Gasteiger partial charge in [-0.3, -0.25) is 0 Å². The molecule has 98 valence electrons. The van der Waals surface area contributed by atoms with Crippen molar-refractivity contribution in [1.82, 2.24) is 0 Å². The van der Waals surface area contributed by atoms with Crippen molar-refractivity contribution in [2.24, 2.45) is 23.7 Å². The highest BCUT2D eigenvalue weighted by Gasteiger charge is 2.47. The molecular formula is C14H24O3. The third-order valence-electron chi connectivity index (χ3n) is 4.61. The third-order valence-corrected chi connectivity index (χ3v) is 4.61. The summed E-state index contributed by atoms with van der Waals surface area (Å²) < 4.78 is 16.5. The molecule has 3 aliphatic rings. The van der Waals surface area contributed by atoms with Crippen LogP contribution in [0.2, 0.25) is 0 Å². The summed E-state index contributed by atoms with van der Waals surface area (Å²) in [5.74, 6) is 2.72. The molecule has 0 aliphatic carbocycles. The second-order valence-corrected chi connectivity index (χ2v) is 6.28. The fraction of sp³-hybridized carbons (Fsp3) is 1.00. The van der Waals surface area contributed by atoms with Gasteiger partial charge in [0.05, 0.1) is 38.1 Å². The molecule has 3 rings (SSSR count). The standard InChI is InChI=1S/C14H24O3/c1-8(2)14(13-7-17-13)9(3)11(12-6-16-12)4-10-5-15-10/h8-14H,4-7H2,1-3H3. The predicted octanol–water partition coefficient (Wildman–Crippen LogP) is 2.10. The Labute approximate surface area is 104 Å². The summed E-state index contributed by atoms with van der Waals surface area (Å²) in [5, 5.41) is 0. The van der Waals surface area contributed by atoms with Crippen molar-refractivity contribution in [1.29, 1.82) is 0 Å². The van der Waals surface area contributed by atoms with E-state index in [1.165, 1.54) is 6.42 Å². The topological polar surface area (TPSA) is 37.6 Å². The molecule has 6 unspecified atom stereocenters. The largest absolute Gasteiger partial charge is 0.373 e. The zero-order chi connectivity index (χ0) is 12.0. The molecule has 0 bridgehead atoms. The molecule has 0 aromatic rings. The van der Waals surface area contributed by atoms with E-state index in [-0.39, 0.29) is 0 Å². The first-order chi connectivity index (χ1) is 8.16. The fourth-order valence-corrected chi connectivity index (χ4v) is 3.45. The molecule has 0 aromatic heterocycles. The Morgan fingerprint density at radius 3 is 1.94 bits per heavy atom. The van der Waals surface area contributed by atoms with Crippen molar-refractivity contribution < 1.29 is 14.2 Å². The Morgan fingerprint density at radius 1 is 0.941 bits per heavy atom. The van der Waals surface area contributed by atoms with Crippen LogP contribution in [-0.4, -0.2) is 38.1 Å². The van der Waals surface area contributed by atoms with Crippen molar-refractivity contribution >= 4 is 0 Å². The van der Waals surface area contributed by atoms with E-state index < -0.39 is 0 Å². The van der Waals surface area contributed by atoms with Crippen molar-refractivity contribution in [3.63, 3.8) is 0 Å². The summed E-state index contributed by atoms with van der Waals surface area (Å²) >= 11 is 0. The lowest BCUT2D eigenvalue weighted by molar-refractivity contribution is 0.119. The molecule has 3 saturated heterocycles. The Bertz CT molecular complexity index is 265. The van der Waals surface area contributed by atoms with Gasteiger partial charge in [0.15, 0.2) is 0 Å². The zero-order valence-corrected chi connectivity index (χ0v) is 11.1. The minimum Gasteiger partial charge on any atom is -0.373 e. The van der Waals surface area contributed by atoms with Gasteiger partial charge in [-0.05, 0) is 30.1 Å². The van der Waals surface area contributed by atoms with Gasteiger partial charge in [-0.1, -0.05) is 20.8 Å². The van der Waals surface area contributed by atoms with E-state index in [1.807, 2.05) is 0 Å². The molecule has 0 amide bonds. The molecule has 3 aliphatic heterocycles. The van der Waals surface area contributed by atoms with Crippen LogP contribution in [0.4, 0.5) is 0 Å². The van der Waals surface area contributed by atoms with E-state index in [9.17, 15) is 0 Å². The summed E-state index contributed by atoms with van der Waals surface area (Å²) in [4.78, 5) is 0. The summed E-state index contributed by atoms with van der Waals surface area (Å²) in [6.07, 6.45) is 2.70. The Hall–Kier alpha value is -0.120. The first kappa shape index (κ1) is 11.9. The van der Waals surface area contributed by atoms with Gasteiger partial charge in [0.25, 0.3) is 0 Å². The molecule has 17 heavy (non-hydrogen) atoms. The molecule has 0 aromatic carbocycles. The van der Waals surface area contributed by atoms with Gasteiger partial charge in [0.1, 0.15) is 0 Å². The van der Waals surface area contributed by atoms with Crippen LogP contribution in [0.15, 0.2) is 0 Å². The van der Waals surface area contributed by atoms with E-state index in [1.54, 1.807) is 0 Å². The maximum absolute atomic E-state index is 5.55. The average Bonchev–Trinajstić information content (AvgIpc) is 3.11. The fourth-order valence-electron chi connectivity index (χ4n) is 3.45. The molecule has 0 saturated carbocycles. The molecule has 0 radical (unpaired) electrons. The third kappa shape index (κ3) is 2.83. The van der Waals surface area contributed by atoms with Gasteiger partial charge in [0, 0.05) is 0 Å². The number of epoxide rings is 3. The predicted molar refractivity (Wildman–Crippen MR) is 64.8 cm³/mol. The Balaban J connectivity index is 1.64. The van der Waals surface area contributed by atoms with Crippen molar-refractivity contribution in [3.8, 4) is 0 Å². The minimum absolute atomic E-state index is 0.495. The smallest absolute Gasteiger partial charge is 0.0843 e. The van der Waals surface area contributed by atoms with Gasteiger partial charge < -0.3 is 14.2 Å². The van der Waals surface area contributed by atoms with Crippen LogP contribution < -0.4 is 0 Å². The van der Waals surface area contributed by atoms with Gasteiger partial charge in [-0.2, -0.15) is 0 Å². The molecule has 3 heteroatoms. The first-order valence-corrected chi connectivity index (χ1v) is 7.01.